The van der Waals surface area contributed by atoms with Gasteiger partial charge in [0.15, 0.2) is 0 Å². The molecule has 75 heavy (non-hydrogen) atoms. The molecule has 0 aliphatic carbocycles. The minimum Gasteiger partial charge on any atom is -0.756 e. The number of quaternary nitrogens is 1. The number of unbranched alkanes of at least 4 members (excludes halogenated alkanes) is 19. The summed E-state index contributed by atoms with van der Waals surface area (Å²) < 4.78 is 23.2. The van der Waals surface area contributed by atoms with Crippen LogP contribution in [0, 0.1) is 0 Å². The Bertz CT molecular complexity index is 1650. The van der Waals surface area contributed by atoms with Crippen molar-refractivity contribution in [3.8, 4) is 0 Å². The Kier molecular flexibility index (Phi) is 52.0. The van der Waals surface area contributed by atoms with Crippen molar-refractivity contribution in [3.05, 3.63) is 122 Å². The Morgan fingerprint density at radius 1 is 0.493 bits per heavy atom. The number of hydrogen-bond donors (Lipinski definition) is 3. The first-order valence-corrected chi connectivity index (χ1v) is 31.4. The van der Waals surface area contributed by atoms with Gasteiger partial charge in [-0.15, -0.1) is 0 Å². The summed E-state index contributed by atoms with van der Waals surface area (Å²) in [5, 5.41) is 24.7. The van der Waals surface area contributed by atoms with Crippen LogP contribution in [0.5, 0.6) is 0 Å². The van der Waals surface area contributed by atoms with E-state index in [-0.39, 0.29) is 18.9 Å². The number of hydrogen-bond acceptors (Lipinski definition) is 7. The van der Waals surface area contributed by atoms with Crippen molar-refractivity contribution in [1.82, 2.24) is 5.32 Å². The quantitative estimate of drug-likeness (QED) is 0.0240. The van der Waals surface area contributed by atoms with Crippen LogP contribution < -0.4 is 10.2 Å². The number of nitrogens with zero attached hydrogens (tertiary/aromatic N) is 1. The largest absolute Gasteiger partial charge is 0.756 e. The first-order valence-electron chi connectivity index (χ1n) is 30.0. The standard InChI is InChI=1S/C65H113N2O7P/c1-6-8-10-12-14-16-18-20-21-22-23-24-25-26-27-28-29-30-31-32-33-34-35-36-37-38-39-40-41-42-43-44-45-46-48-50-52-54-56-58-64(69)66-62(61-74-75(71,72)73-60-59-67(3,4)5)65(70)63(68)57-55-53-51-49-47-19-17-15-13-11-9-7-2/h8,10,14-17,20-21,23-24,26-27,29-30,32-33,35-36,49,51,62-63,65,68,70H,6-7,9,11-13,18-19,22,25,28,31,34,37-48,50,52-61H2,1-5H3,(H-,66,69,71,72)/b10-8-,16-14-,17-15+,21-20-,24-23-,27-26-,30-29-,33-32-,36-35-,51-49+. The molecule has 9 nitrogen and oxygen atoms in total. The van der Waals surface area contributed by atoms with Crippen LogP contribution in [-0.2, 0) is 18.4 Å². The molecule has 0 aromatic rings. The summed E-state index contributed by atoms with van der Waals surface area (Å²) in [6.07, 6.45) is 77.1. The molecule has 0 aromatic heterocycles. The van der Waals surface area contributed by atoms with Gasteiger partial charge in [0.25, 0.3) is 7.82 Å². The average Bonchev–Trinajstić information content (AvgIpc) is 3.37. The molecule has 0 fully saturated rings. The molecule has 3 N–H and O–H groups in total. The zero-order chi connectivity index (χ0) is 55.0. The van der Waals surface area contributed by atoms with Crippen LogP contribution in [0.15, 0.2) is 122 Å². The van der Waals surface area contributed by atoms with Crippen LogP contribution in [0.1, 0.15) is 226 Å². The van der Waals surface area contributed by atoms with Crippen LogP contribution in [0.25, 0.3) is 0 Å². The minimum atomic E-state index is -4.69. The summed E-state index contributed by atoms with van der Waals surface area (Å²) >= 11 is 0. The van der Waals surface area contributed by atoms with Gasteiger partial charge in [-0.2, -0.15) is 0 Å². The monoisotopic (exact) mass is 1060 g/mol. The third-order valence-corrected chi connectivity index (χ3v) is 13.7. The van der Waals surface area contributed by atoms with Gasteiger partial charge in [0.05, 0.1) is 39.9 Å². The molecule has 4 unspecified atom stereocenters. The van der Waals surface area contributed by atoms with Crippen molar-refractivity contribution in [2.75, 3.05) is 40.9 Å². The lowest BCUT2D eigenvalue weighted by Crippen LogP contribution is -2.51. The lowest BCUT2D eigenvalue weighted by atomic mass is 10.0. The molecule has 10 heteroatoms. The van der Waals surface area contributed by atoms with E-state index in [1.54, 1.807) is 0 Å². The molecular weight excluding hydrogens is 952 g/mol. The summed E-state index contributed by atoms with van der Waals surface area (Å²) in [6.45, 7) is 4.25. The Balaban J connectivity index is 4.10. The molecule has 0 rings (SSSR count). The topological polar surface area (TPSA) is 128 Å². The second-order valence-electron chi connectivity index (χ2n) is 21.1. The predicted octanol–water partition coefficient (Wildman–Crippen LogP) is 16.9. The number of nitrogens with one attached hydrogen (secondary N) is 1. The van der Waals surface area contributed by atoms with E-state index in [1.807, 2.05) is 21.1 Å². The van der Waals surface area contributed by atoms with Gasteiger partial charge in [-0.05, 0) is 116 Å². The normalized spacial score (nSPS) is 15.1. The number of allylic oxidation sites excluding steroid dienone is 20. The first kappa shape index (κ1) is 71.9. The van der Waals surface area contributed by atoms with E-state index in [4.69, 9.17) is 9.05 Å². The van der Waals surface area contributed by atoms with Gasteiger partial charge in [0.1, 0.15) is 19.3 Å². The summed E-state index contributed by atoms with van der Waals surface area (Å²) in [7, 11) is 1.09. The number of likely N-dealkylation sites (N-methyl/N-ethyl adjacent to an activating group) is 1. The number of rotatable bonds is 53. The van der Waals surface area contributed by atoms with Crippen LogP contribution >= 0.6 is 7.82 Å². The highest BCUT2D eigenvalue weighted by molar-refractivity contribution is 7.45. The number of aliphatic hydroxyl groups excluding tert-OH is 2. The highest BCUT2D eigenvalue weighted by Crippen LogP contribution is 2.38. The second-order valence-corrected chi connectivity index (χ2v) is 22.5. The van der Waals surface area contributed by atoms with Crippen molar-refractivity contribution in [2.45, 2.75) is 244 Å². The van der Waals surface area contributed by atoms with E-state index in [0.717, 1.165) is 96.3 Å². The smallest absolute Gasteiger partial charge is 0.268 e. The molecule has 0 spiro atoms. The maximum absolute atomic E-state index is 13.0. The fourth-order valence-electron chi connectivity index (χ4n) is 8.05. The lowest BCUT2D eigenvalue weighted by Gasteiger charge is -2.31. The van der Waals surface area contributed by atoms with Crippen molar-refractivity contribution in [2.24, 2.45) is 0 Å². The molecule has 0 aromatic carbocycles. The summed E-state index contributed by atoms with van der Waals surface area (Å²) in [5.74, 6) is -0.298. The Morgan fingerprint density at radius 2 is 0.853 bits per heavy atom. The van der Waals surface area contributed by atoms with Crippen LogP contribution in [-0.4, -0.2) is 79.8 Å². The summed E-state index contributed by atoms with van der Waals surface area (Å²) in [4.78, 5) is 25.5. The molecule has 430 valence electrons. The van der Waals surface area contributed by atoms with Gasteiger partial charge in [-0.25, -0.2) is 0 Å². The predicted molar refractivity (Wildman–Crippen MR) is 321 cm³/mol. The number of phosphoric ester groups is 1. The van der Waals surface area contributed by atoms with E-state index < -0.39 is 32.7 Å². The van der Waals surface area contributed by atoms with Crippen LogP contribution in [0.3, 0.4) is 0 Å². The van der Waals surface area contributed by atoms with Gasteiger partial charge in [0.2, 0.25) is 5.91 Å². The molecule has 0 bridgehead atoms. The number of carbonyl (C=O) groups is 1. The van der Waals surface area contributed by atoms with E-state index in [0.29, 0.717) is 30.3 Å². The summed E-state index contributed by atoms with van der Waals surface area (Å²) in [5.41, 5.74) is 0. The molecule has 0 aliphatic heterocycles. The van der Waals surface area contributed by atoms with Gasteiger partial charge < -0.3 is 34.0 Å². The summed E-state index contributed by atoms with van der Waals surface area (Å²) in [6, 6.07) is -1.10. The molecule has 0 aliphatic rings. The fraction of sp³-hybridized carbons (Fsp3) is 0.677. The van der Waals surface area contributed by atoms with Gasteiger partial charge in [0, 0.05) is 6.42 Å². The zero-order valence-electron chi connectivity index (χ0n) is 48.6. The lowest BCUT2D eigenvalue weighted by molar-refractivity contribution is -0.870. The molecule has 0 heterocycles. The van der Waals surface area contributed by atoms with Gasteiger partial charge in [-0.3, -0.25) is 9.36 Å². The highest BCUT2D eigenvalue weighted by Gasteiger charge is 2.29. The minimum absolute atomic E-state index is 0.0535. The Hall–Kier alpha value is -3.14. The molecule has 4 atom stereocenters. The number of aliphatic hydroxyl groups is 2. The number of amides is 1. The highest BCUT2D eigenvalue weighted by atomic mass is 31.2. The van der Waals surface area contributed by atoms with Crippen molar-refractivity contribution >= 4 is 13.7 Å². The first-order chi connectivity index (χ1) is 36.4. The number of carbonyl (C=O) groups excluding carboxylic acids is 1. The van der Waals surface area contributed by atoms with Crippen molar-refractivity contribution < 1.29 is 38.0 Å². The van der Waals surface area contributed by atoms with Gasteiger partial charge in [-0.1, -0.05) is 225 Å². The van der Waals surface area contributed by atoms with E-state index in [2.05, 4.69) is 141 Å². The van der Waals surface area contributed by atoms with Crippen molar-refractivity contribution in [3.63, 3.8) is 0 Å². The maximum Gasteiger partial charge on any atom is 0.268 e. The van der Waals surface area contributed by atoms with Crippen LogP contribution in [0.4, 0.5) is 0 Å². The zero-order valence-corrected chi connectivity index (χ0v) is 49.5. The number of phosphoric acid groups is 1. The molecular formula is C65H113N2O7P. The van der Waals surface area contributed by atoms with Gasteiger partial charge >= 0.3 is 0 Å². The third-order valence-electron chi connectivity index (χ3n) is 12.8. The Labute approximate surface area is 461 Å². The van der Waals surface area contributed by atoms with E-state index in [9.17, 15) is 24.5 Å². The second kappa shape index (κ2) is 54.2. The molecule has 0 saturated carbocycles. The van der Waals surface area contributed by atoms with Crippen LogP contribution in [0.2, 0.25) is 0 Å². The Morgan fingerprint density at radius 3 is 1.28 bits per heavy atom. The molecule has 0 saturated heterocycles. The molecule has 0 radical (unpaired) electrons. The average molecular weight is 1070 g/mol. The maximum atomic E-state index is 13.0. The molecule has 1 amide bonds. The fourth-order valence-corrected chi connectivity index (χ4v) is 8.77. The SMILES string of the molecule is CC/C=C\C/C=C\C/C=C\C/C=C\C/C=C\C/C=C\C/C=C\C/C=C\CCCCCCCCCCCCCCCCC(=O)NC(COP(=O)([O-])OCC[N+](C)(C)C)C(O)C(O)CCC/C=C/CC/C=C/CCCCC. The third kappa shape index (κ3) is 55.4. The van der Waals surface area contributed by atoms with E-state index in [1.165, 1.54) is 89.9 Å². The van der Waals surface area contributed by atoms with Crippen molar-refractivity contribution in [1.29, 1.82) is 0 Å². The van der Waals surface area contributed by atoms with E-state index >= 15 is 0 Å².